The number of esters is 1. The summed E-state index contributed by atoms with van der Waals surface area (Å²) in [5, 5.41) is 0. The van der Waals surface area contributed by atoms with E-state index < -0.39 is 0 Å². The lowest BCUT2D eigenvalue weighted by Crippen LogP contribution is -2.10. The first-order valence-corrected chi connectivity index (χ1v) is 7.66. The van der Waals surface area contributed by atoms with E-state index in [1.807, 2.05) is 24.3 Å². The molecule has 24 heavy (non-hydrogen) atoms. The maximum Gasteiger partial charge on any atom is 0.334 e. The van der Waals surface area contributed by atoms with Gasteiger partial charge in [0.05, 0.1) is 20.8 Å². The van der Waals surface area contributed by atoms with E-state index in [4.69, 9.17) is 14.2 Å². The maximum atomic E-state index is 12.3. The molecular formula is C19H21NO4. The van der Waals surface area contributed by atoms with Crippen molar-refractivity contribution in [1.82, 2.24) is 4.98 Å². The van der Waals surface area contributed by atoms with E-state index in [2.05, 4.69) is 4.98 Å². The van der Waals surface area contributed by atoms with Gasteiger partial charge < -0.3 is 14.2 Å². The van der Waals surface area contributed by atoms with Gasteiger partial charge in [-0.2, -0.15) is 0 Å². The largest absolute Gasteiger partial charge is 0.493 e. The molecule has 5 heteroatoms. The molecule has 0 atom stereocenters. The smallest absolute Gasteiger partial charge is 0.334 e. The number of hydrogen-bond donors (Lipinski definition) is 0. The first-order chi connectivity index (χ1) is 11.7. The van der Waals surface area contributed by atoms with Gasteiger partial charge in [0.2, 0.25) is 0 Å². The molecule has 0 aliphatic rings. The Hall–Kier alpha value is -2.82. The number of pyridine rings is 1. The molecule has 1 aromatic carbocycles. The van der Waals surface area contributed by atoms with E-state index in [1.54, 1.807) is 45.7 Å². The van der Waals surface area contributed by atoms with Crippen LogP contribution in [0, 0.1) is 0 Å². The van der Waals surface area contributed by atoms with Crippen LogP contribution in [0.5, 0.6) is 11.5 Å². The second-order valence-corrected chi connectivity index (χ2v) is 5.04. The number of hydrogen-bond acceptors (Lipinski definition) is 5. The predicted molar refractivity (Wildman–Crippen MR) is 92.1 cm³/mol. The number of benzene rings is 1. The van der Waals surface area contributed by atoms with Crippen LogP contribution in [0.1, 0.15) is 18.1 Å². The van der Waals surface area contributed by atoms with Gasteiger partial charge in [-0.1, -0.05) is 6.07 Å². The molecule has 5 nitrogen and oxygen atoms in total. The number of methoxy groups -OCH3 is 2. The highest BCUT2D eigenvalue weighted by Gasteiger charge is 2.13. The fourth-order valence-corrected chi connectivity index (χ4v) is 2.27. The van der Waals surface area contributed by atoms with Crippen LogP contribution in [0.25, 0.3) is 6.08 Å². The molecule has 1 aromatic heterocycles. The predicted octanol–water partition coefficient (Wildman–Crippen LogP) is 3.29. The summed E-state index contributed by atoms with van der Waals surface area (Å²) in [6, 6.07) is 9.25. The van der Waals surface area contributed by atoms with Crippen molar-refractivity contribution in [2.45, 2.75) is 13.3 Å². The maximum absolute atomic E-state index is 12.3. The highest BCUT2D eigenvalue weighted by molar-refractivity contribution is 5.94. The quantitative estimate of drug-likeness (QED) is 0.577. The minimum atomic E-state index is -0.330. The first-order valence-electron chi connectivity index (χ1n) is 7.66. The van der Waals surface area contributed by atoms with Crippen LogP contribution >= 0.6 is 0 Å². The third-order valence-electron chi connectivity index (χ3n) is 3.43. The molecule has 126 valence electrons. The summed E-state index contributed by atoms with van der Waals surface area (Å²) in [5.41, 5.74) is 2.39. The van der Waals surface area contributed by atoms with E-state index in [9.17, 15) is 4.79 Å². The molecule has 0 saturated carbocycles. The van der Waals surface area contributed by atoms with Crippen LogP contribution in [-0.2, 0) is 16.0 Å². The van der Waals surface area contributed by atoms with Crippen molar-refractivity contribution < 1.29 is 19.0 Å². The molecule has 0 saturated heterocycles. The van der Waals surface area contributed by atoms with E-state index in [-0.39, 0.29) is 5.97 Å². The highest BCUT2D eigenvalue weighted by Crippen LogP contribution is 2.28. The van der Waals surface area contributed by atoms with E-state index in [0.29, 0.717) is 30.1 Å². The molecule has 0 spiro atoms. The third kappa shape index (κ3) is 4.59. The highest BCUT2D eigenvalue weighted by atomic mass is 16.5. The van der Waals surface area contributed by atoms with Crippen LogP contribution in [0.3, 0.4) is 0 Å². The zero-order valence-corrected chi connectivity index (χ0v) is 14.1. The van der Waals surface area contributed by atoms with Crippen LogP contribution < -0.4 is 9.47 Å². The van der Waals surface area contributed by atoms with Crippen molar-refractivity contribution in [3.8, 4) is 11.5 Å². The minimum absolute atomic E-state index is 0.330. The number of carbonyl (C=O) groups is 1. The Balaban J connectivity index is 2.35. The molecule has 0 amide bonds. The fraction of sp³-hybridized carbons (Fsp3) is 0.263. The SMILES string of the molecule is CCOC(=O)/C(=C\c1ccc(OC)c(OC)c1)Cc1ccncc1. The summed E-state index contributed by atoms with van der Waals surface area (Å²) >= 11 is 0. The van der Waals surface area contributed by atoms with Crippen molar-refractivity contribution in [2.75, 3.05) is 20.8 Å². The molecule has 0 unspecified atom stereocenters. The summed E-state index contributed by atoms with van der Waals surface area (Å²) in [5.74, 6) is 0.920. The Morgan fingerprint density at radius 3 is 2.42 bits per heavy atom. The fourth-order valence-electron chi connectivity index (χ4n) is 2.27. The lowest BCUT2D eigenvalue weighted by molar-refractivity contribution is -0.138. The van der Waals surface area contributed by atoms with Gasteiger partial charge in [-0.25, -0.2) is 4.79 Å². The number of carbonyl (C=O) groups excluding carboxylic acids is 1. The van der Waals surface area contributed by atoms with Crippen LogP contribution in [-0.4, -0.2) is 31.8 Å². The van der Waals surface area contributed by atoms with Gasteiger partial charge in [0.1, 0.15) is 0 Å². The van der Waals surface area contributed by atoms with Crippen molar-refractivity contribution in [3.05, 3.63) is 59.4 Å². The van der Waals surface area contributed by atoms with Crippen molar-refractivity contribution >= 4 is 12.0 Å². The van der Waals surface area contributed by atoms with Crippen molar-refractivity contribution in [2.24, 2.45) is 0 Å². The van der Waals surface area contributed by atoms with Crippen LogP contribution in [0.4, 0.5) is 0 Å². The summed E-state index contributed by atoms with van der Waals surface area (Å²) in [6.07, 6.45) is 5.68. The van der Waals surface area contributed by atoms with Gasteiger partial charge >= 0.3 is 5.97 Å². The Bertz CT molecular complexity index is 711. The number of aromatic nitrogens is 1. The standard InChI is InChI=1S/C19H21NO4/c1-4-24-19(21)16(11-14-7-9-20-10-8-14)12-15-5-6-17(22-2)18(13-15)23-3/h5-10,12-13H,4,11H2,1-3H3/b16-12-. The monoisotopic (exact) mass is 327 g/mol. The second kappa shape index (κ2) is 8.72. The topological polar surface area (TPSA) is 57.7 Å². The van der Waals surface area contributed by atoms with E-state index >= 15 is 0 Å². The Morgan fingerprint density at radius 1 is 1.08 bits per heavy atom. The van der Waals surface area contributed by atoms with Gasteiger partial charge in [0, 0.05) is 24.4 Å². The second-order valence-electron chi connectivity index (χ2n) is 5.04. The van der Waals surface area contributed by atoms with Gasteiger partial charge in [-0.15, -0.1) is 0 Å². The summed E-state index contributed by atoms with van der Waals surface area (Å²) in [7, 11) is 3.16. The number of nitrogens with zero attached hydrogens (tertiary/aromatic N) is 1. The average molecular weight is 327 g/mol. The third-order valence-corrected chi connectivity index (χ3v) is 3.43. The Morgan fingerprint density at radius 2 is 1.79 bits per heavy atom. The average Bonchev–Trinajstić information content (AvgIpc) is 2.62. The van der Waals surface area contributed by atoms with E-state index in [1.165, 1.54) is 0 Å². The molecule has 0 aliphatic carbocycles. The van der Waals surface area contributed by atoms with Gasteiger partial charge in [0.25, 0.3) is 0 Å². The molecule has 2 aromatic rings. The lowest BCUT2D eigenvalue weighted by Gasteiger charge is -2.10. The molecular weight excluding hydrogens is 306 g/mol. The first kappa shape index (κ1) is 17.5. The Labute approximate surface area is 141 Å². The van der Waals surface area contributed by atoms with Gasteiger partial charge in [-0.3, -0.25) is 4.98 Å². The molecule has 2 rings (SSSR count). The summed E-state index contributed by atoms with van der Waals surface area (Å²) in [6.45, 7) is 2.12. The summed E-state index contributed by atoms with van der Waals surface area (Å²) in [4.78, 5) is 16.3. The molecule has 0 aliphatic heterocycles. The molecule has 0 radical (unpaired) electrons. The zero-order valence-electron chi connectivity index (χ0n) is 14.1. The molecule has 0 N–H and O–H groups in total. The lowest BCUT2D eigenvalue weighted by atomic mass is 10.0. The van der Waals surface area contributed by atoms with Crippen molar-refractivity contribution in [3.63, 3.8) is 0 Å². The van der Waals surface area contributed by atoms with Crippen molar-refractivity contribution in [1.29, 1.82) is 0 Å². The molecule has 0 fully saturated rings. The number of ether oxygens (including phenoxy) is 3. The Kier molecular flexibility index (Phi) is 6.37. The summed E-state index contributed by atoms with van der Waals surface area (Å²) < 4.78 is 15.7. The van der Waals surface area contributed by atoms with Gasteiger partial charge in [-0.05, 0) is 48.4 Å². The minimum Gasteiger partial charge on any atom is -0.493 e. The zero-order chi connectivity index (χ0) is 17.4. The van der Waals surface area contributed by atoms with Crippen LogP contribution in [0.15, 0.2) is 48.3 Å². The molecule has 1 heterocycles. The normalized spacial score (nSPS) is 11.0. The molecule has 0 bridgehead atoms. The van der Waals surface area contributed by atoms with E-state index in [0.717, 1.165) is 11.1 Å². The van der Waals surface area contributed by atoms with Gasteiger partial charge in [0.15, 0.2) is 11.5 Å². The number of rotatable bonds is 7. The van der Waals surface area contributed by atoms with Crippen LogP contribution in [0.2, 0.25) is 0 Å².